The summed E-state index contributed by atoms with van der Waals surface area (Å²) in [4.78, 5) is 4.29. The lowest BCUT2D eigenvalue weighted by Gasteiger charge is -2.10. The fourth-order valence-corrected chi connectivity index (χ4v) is 1.55. The highest BCUT2D eigenvalue weighted by Gasteiger charge is 2.13. The van der Waals surface area contributed by atoms with Gasteiger partial charge in [0.1, 0.15) is 0 Å². The van der Waals surface area contributed by atoms with Gasteiger partial charge in [0.05, 0.1) is 16.8 Å². The minimum Gasteiger partial charge on any atom is -0.393 e. The molecular formula is C8H13NOS. The number of aryl methyl sites for hydroxylation is 1. The molecule has 1 N–H and O–H groups in total. The van der Waals surface area contributed by atoms with Gasteiger partial charge in [0.15, 0.2) is 0 Å². The third kappa shape index (κ3) is 2.01. The van der Waals surface area contributed by atoms with Gasteiger partial charge in [-0.2, -0.15) is 0 Å². The molecule has 0 saturated carbocycles. The van der Waals surface area contributed by atoms with Crippen molar-refractivity contribution >= 4 is 11.3 Å². The lowest BCUT2D eigenvalue weighted by molar-refractivity contribution is 0.167. The van der Waals surface area contributed by atoms with Gasteiger partial charge in [-0.15, -0.1) is 11.3 Å². The molecule has 2 nitrogen and oxygen atoms in total. The predicted molar refractivity (Wildman–Crippen MR) is 46.9 cm³/mol. The van der Waals surface area contributed by atoms with Crippen molar-refractivity contribution in [1.29, 1.82) is 0 Å². The summed E-state index contributed by atoms with van der Waals surface area (Å²) in [5, 5.41) is 12.3. The number of thiazole rings is 1. The van der Waals surface area contributed by atoms with Crippen molar-refractivity contribution in [2.24, 2.45) is 0 Å². The maximum Gasteiger partial charge on any atom is 0.0897 e. The quantitative estimate of drug-likeness (QED) is 0.737. The Morgan fingerprint density at radius 1 is 1.55 bits per heavy atom. The van der Waals surface area contributed by atoms with Gasteiger partial charge in [-0.1, -0.05) is 6.92 Å². The van der Waals surface area contributed by atoms with Crippen LogP contribution in [0.15, 0.2) is 5.38 Å². The van der Waals surface area contributed by atoms with Gasteiger partial charge in [0, 0.05) is 11.3 Å². The van der Waals surface area contributed by atoms with E-state index in [1.807, 2.05) is 19.2 Å². The van der Waals surface area contributed by atoms with E-state index < -0.39 is 0 Å². The van der Waals surface area contributed by atoms with Crippen molar-refractivity contribution in [2.45, 2.75) is 32.8 Å². The zero-order valence-corrected chi connectivity index (χ0v) is 7.85. The highest BCUT2D eigenvalue weighted by atomic mass is 32.1. The number of hydrogen-bond donors (Lipinski definition) is 1. The lowest BCUT2D eigenvalue weighted by Crippen LogP contribution is -2.11. The number of hydrogen-bond acceptors (Lipinski definition) is 3. The molecular weight excluding hydrogens is 158 g/mol. The van der Waals surface area contributed by atoms with E-state index in [1.165, 1.54) is 0 Å². The van der Waals surface area contributed by atoms with Gasteiger partial charge in [0.25, 0.3) is 0 Å². The topological polar surface area (TPSA) is 33.1 Å². The molecule has 62 valence electrons. The first-order valence-electron chi connectivity index (χ1n) is 3.71. The second-order valence-electron chi connectivity index (χ2n) is 2.82. The molecule has 0 amide bonds. The van der Waals surface area contributed by atoms with Gasteiger partial charge in [0.2, 0.25) is 0 Å². The second kappa shape index (κ2) is 3.32. The Bertz CT molecular complexity index is 232. The van der Waals surface area contributed by atoms with Crippen molar-refractivity contribution < 1.29 is 5.11 Å². The van der Waals surface area contributed by atoms with E-state index in [9.17, 15) is 5.11 Å². The van der Waals surface area contributed by atoms with Crippen molar-refractivity contribution in [3.8, 4) is 0 Å². The summed E-state index contributed by atoms with van der Waals surface area (Å²) < 4.78 is 0. The van der Waals surface area contributed by atoms with Crippen LogP contribution in [0.1, 0.15) is 30.5 Å². The second-order valence-corrected chi connectivity index (χ2v) is 3.88. The van der Waals surface area contributed by atoms with Crippen LogP contribution >= 0.6 is 11.3 Å². The third-order valence-electron chi connectivity index (χ3n) is 1.83. The van der Waals surface area contributed by atoms with Crippen LogP contribution in [-0.4, -0.2) is 16.2 Å². The van der Waals surface area contributed by atoms with Gasteiger partial charge < -0.3 is 5.11 Å². The van der Waals surface area contributed by atoms with Crippen molar-refractivity contribution in [1.82, 2.24) is 4.98 Å². The molecule has 0 spiro atoms. The molecule has 11 heavy (non-hydrogen) atoms. The Labute approximate surface area is 70.9 Å². The number of rotatable bonds is 2. The third-order valence-corrected chi connectivity index (χ3v) is 2.62. The minimum atomic E-state index is -0.309. The Hall–Kier alpha value is -0.410. The van der Waals surface area contributed by atoms with Gasteiger partial charge in [-0.25, -0.2) is 4.98 Å². The first kappa shape index (κ1) is 8.68. The molecule has 1 heterocycles. The number of nitrogens with zero attached hydrogens (tertiary/aromatic N) is 1. The van der Waals surface area contributed by atoms with Crippen molar-refractivity contribution in [3.05, 3.63) is 16.1 Å². The lowest BCUT2D eigenvalue weighted by atomic mass is 10.0. The molecule has 0 aliphatic carbocycles. The molecule has 3 heteroatoms. The fraction of sp³-hybridized carbons (Fsp3) is 0.625. The smallest absolute Gasteiger partial charge is 0.0897 e. The first-order chi connectivity index (χ1) is 5.11. The Morgan fingerprint density at radius 3 is 2.55 bits per heavy atom. The SMILES string of the molecule is Cc1nc(C(C)C(C)O)cs1. The fourth-order valence-electron chi connectivity index (χ4n) is 0.836. The predicted octanol–water partition coefficient (Wildman–Crippen LogP) is 1.94. The molecule has 0 aromatic carbocycles. The summed E-state index contributed by atoms with van der Waals surface area (Å²) in [6.45, 7) is 5.75. The van der Waals surface area contributed by atoms with Crippen LogP contribution in [-0.2, 0) is 0 Å². The molecule has 0 saturated heterocycles. The van der Waals surface area contributed by atoms with E-state index in [1.54, 1.807) is 18.3 Å². The average Bonchev–Trinajstić information content (AvgIpc) is 2.34. The Balaban J connectivity index is 2.76. The monoisotopic (exact) mass is 171 g/mol. The van der Waals surface area contributed by atoms with Gasteiger partial charge in [-0.05, 0) is 13.8 Å². The first-order valence-corrected chi connectivity index (χ1v) is 4.59. The van der Waals surface area contributed by atoms with E-state index in [0.717, 1.165) is 10.7 Å². The molecule has 2 unspecified atom stereocenters. The zero-order chi connectivity index (χ0) is 8.43. The molecule has 1 aromatic rings. The summed E-state index contributed by atoms with van der Waals surface area (Å²) in [6, 6.07) is 0. The molecule has 2 atom stereocenters. The average molecular weight is 171 g/mol. The van der Waals surface area contributed by atoms with E-state index in [-0.39, 0.29) is 12.0 Å². The van der Waals surface area contributed by atoms with Gasteiger partial charge in [-0.3, -0.25) is 0 Å². The van der Waals surface area contributed by atoms with Crippen LogP contribution in [0.4, 0.5) is 0 Å². The van der Waals surface area contributed by atoms with Crippen molar-refractivity contribution in [2.75, 3.05) is 0 Å². The summed E-state index contributed by atoms with van der Waals surface area (Å²) in [6.07, 6.45) is -0.309. The molecule has 0 aliphatic rings. The highest BCUT2D eigenvalue weighted by molar-refractivity contribution is 7.09. The van der Waals surface area contributed by atoms with Crippen LogP contribution in [0.5, 0.6) is 0 Å². The summed E-state index contributed by atoms with van der Waals surface area (Å²) in [7, 11) is 0. The number of aromatic nitrogens is 1. The maximum atomic E-state index is 9.25. The van der Waals surface area contributed by atoms with Crippen LogP contribution in [0.25, 0.3) is 0 Å². The van der Waals surface area contributed by atoms with Crippen molar-refractivity contribution in [3.63, 3.8) is 0 Å². The standard InChI is InChI=1S/C8H13NOS/c1-5(6(2)10)8-4-11-7(3)9-8/h4-6,10H,1-3H3. The largest absolute Gasteiger partial charge is 0.393 e. The molecule has 0 aliphatic heterocycles. The minimum absolute atomic E-state index is 0.153. The van der Waals surface area contributed by atoms with Crippen LogP contribution in [0, 0.1) is 6.92 Å². The molecule has 0 bridgehead atoms. The van der Waals surface area contributed by atoms with E-state index in [0.29, 0.717) is 0 Å². The van der Waals surface area contributed by atoms with Gasteiger partial charge >= 0.3 is 0 Å². The molecule has 0 radical (unpaired) electrons. The van der Waals surface area contributed by atoms with Crippen LogP contribution in [0.2, 0.25) is 0 Å². The highest BCUT2D eigenvalue weighted by Crippen LogP contribution is 2.20. The summed E-state index contributed by atoms with van der Waals surface area (Å²) >= 11 is 1.63. The Morgan fingerprint density at radius 2 is 2.18 bits per heavy atom. The summed E-state index contributed by atoms with van der Waals surface area (Å²) in [5.41, 5.74) is 1.00. The van der Waals surface area contributed by atoms with E-state index in [2.05, 4.69) is 4.98 Å². The van der Waals surface area contributed by atoms with Crippen LogP contribution in [0.3, 0.4) is 0 Å². The molecule has 1 aromatic heterocycles. The number of aliphatic hydroxyl groups excluding tert-OH is 1. The molecule has 1 rings (SSSR count). The summed E-state index contributed by atoms with van der Waals surface area (Å²) in [5.74, 6) is 0.153. The normalized spacial score (nSPS) is 16.4. The van der Waals surface area contributed by atoms with E-state index in [4.69, 9.17) is 0 Å². The maximum absolute atomic E-state index is 9.25. The molecule has 0 fully saturated rings. The Kier molecular flexibility index (Phi) is 2.62. The number of aliphatic hydroxyl groups is 1. The zero-order valence-electron chi connectivity index (χ0n) is 7.03. The van der Waals surface area contributed by atoms with E-state index >= 15 is 0 Å². The van der Waals surface area contributed by atoms with Crippen LogP contribution < -0.4 is 0 Å².